The normalized spacial score (nSPS) is 8.80. The van der Waals surface area contributed by atoms with Crippen LogP contribution in [0, 0.1) is 0 Å². The summed E-state index contributed by atoms with van der Waals surface area (Å²) in [5, 5.41) is 2.96. The molecule has 0 aromatic rings. The lowest BCUT2D eigenvalue weighted by Gasteiger charge is -2.20. The SMILES string of the molecule is C=CCN(CNC)C(=O)CCSC.CC. The maximum atomic E-state index is 11.5. The summed E-state index contributed by atoms with van der Waals surface area (Å²) in [5.74, 6) is 1.07. The topological polar surface area (TPSA) is 32.3 Å². The van der Waals surface area contributed by atoms with Gasteiger partial charge in [-0.2, -0.15) is 11.8 Å². The Morgan fingerprint density at radius 3 is 2.53 bits per heavy atom. The molecule has 0 aliphatic heterocycles. The van der Waals surface area contributed by atoms with Gasteiger partial charge >= 0.3 is 0 Å². The predicted octanol–water partition coefficient (Wildman–Crippen LogP) is 1.96. The van der Waals surface area contributed by atoms with Gasteiger partial charge in [0.05, 0.1) is 6.67 Å². The molecule has 0 saturated heterocycles. The van der Waals surface area contributed by atoms with Crippen molar-refractivity contribution in [2.45, 2.75) is 20.3 Å². The minimum atomic E-state index is 0.184. The van der Waals surface area contributed by atoms with E-state index in [9.17, 15) is 4.79 Å². The highest BCUT2D eigenvalue weighted by Crippen LogP contribution is 1.99. The Kier molecular flexibility index (Phi) is 15.3. The quantitative estimate of drug-likeness (QED) is 0.538. The summed E-state index contributed by atoms with van der Waals surface area (Å²) < 4.78 is 0. The van der Waals surface area contributed by atoms with Gasteiger partial charge in [-0.05, 0) is 13.3 Å². The monoisotopic (exact) mass is 232 g/mol. The Morgan fingerprint density at radius 2 is 2.13 bits per heavy atom. The second kappa shape index (κ2) is 13.5. The smallest absolute Gasteiger partial charge is 0.224 e. The maximum absolute atomic E-state index is 11.5. The zero-order chi connectivity index (χ0) is 12.1. The Morgan fingerprint density at radius 1 is 1.53 bits per heavy atom. The lowest BCUT2D eigenvalue weighted by Crippen LogP contribution is -2.37. The largest absolute Gasteiger partial charge is 0.326 e. The summed E-state index contributed by atoms with van der Waals surface area (Å²) >= 11 is 1.69. The summed E-state index contributed by atoms with van der Waals surface area (Å²) in [6.45, 7) is 8.83. The molecule has 0 heterocycles. The van der Waals surface area contributed by atoms with E-state index in [2.05, 4.69) is 11.9 Å². The number of amides is 1. The van der Waals surface area contributed by atoms with Gasteiger partial charge in [0.25, 0.3) is 0 Å². The first kappa shape index (κ1) is 16.9. The zero-order valence-electron chi connectivity index (χ0n) is 10.4. The lowest BCUT2D eigenvalue weighted by atomic mass is 10.4. The molecule has 1 N–H and O–H groups in total. The molecule has 0 aliphatic carbocycles. The Balaban J connectivity index is 0. The molecule has 0 radical (unpaired) electrons. The van der Waals surface area contributed by atoms with Crippen molar-refractivity contribution in [1.29, 1.82) is 0 Å². The third-order valence-electron chi connectivity index (χ3n) is 1.57. The number of thioether (sulfide) groups is 1. The maximum Gasteiger partial charge on any atom is 0.224 e. The highest BCUT2D eigenvalue weighted by atomic mass is 32.2. The van der Waals surface area contributed by atoms with E-state index in [0.29, 0.717) is 19.6 Å². The molecule has 0 fully saturated rings. The molecule has 0 atom stereocenters. The van der Waals surface area contributed by atoms with Gasteiger partial charge in [-0.1, -0.05) is 19.9 Å². The number of hydrogen-bond donors (Lipinski definition) is 1. The van der Waals surface area contributed by atoms with Gasteiger partial charge in [-0.15, -0.1) is 6.58 Å². The van der Waals surface area contributed by atoms with Crippen molar-refractivity contribution in [3.63, 3.8) is 0 Å². The second-order valence-corrected chi connectivity index (χ2v) is 3.64. The van der Waals surface area contributed by atoms with E-state index in [-0.39, 0.29) is 5.91 Å². The number of nitrogens with one attached hydrogen (secondary N) is 1. The molecule has 0 saturated carbocycles. The molecule has 90 valence electrons. The highest BCUT2D eigenvalue weighted by molar-refractivity contribution is 7.98. The number of nitrogens with zero attached hydrogens (tertiary/aromatic N) is 1. The Bertz CT molecular complexity index is 163. The van der Waals surface area contributed by atoms with Gasteiger partial charge in [0.15, 0.2) is 0 Å². The number of rotatable bonds is 7. The molecular formula is C11H24N2OS. The molecule has 15 heavy (non-hydrogen) atoms. The molecule has 0 bridgehead atoms. The van der Waals surface area contributed by atoms with Crippen LogP contribution in [0.4, 0.5) is 0 Å². The summed E-state index contributed by atoms with van der Waals surface area (Å²) in [5.41, 5.74) is 0. The fourth-order valence-corrected chi connectivity index (χ4v) is 1.33. The molecule has 0 unspecified atom stereocenters. The lowest BCUT2D eigenvalue weighted by molar-refractivity contribution is -0.130. The Labute approximate surface area is 98.3 Å². The van der Waals surface area contributed by atoms with Crippen molar-refractivity contribution >= 4 is 17.7 Å². The third kappa shape index (κ3) is 9.82. The average Bonchev–Trinajstić information content (AvgIpc) is 2.28. The van der Waals surface area contributed by atoms with Gasteiger partial charge in [0, 0.05) is 18.7 Å². The molecule has 0 rings (SSSR count). The number of carbonyl (C=O) groups excluding carboxylic acids is 1. The van der Waals surface area contributed by atoms with Crippen molar-refractivity contribution < 1.29 is 4.79 Å². The minimum absolute atomic E-state index is 0.184. The zero-order valence-corrected chi connectivity index (χ0v) is 11.2. The fourth-order valence-electron chi connectivity index (χ4n) is 0.949. The molecule has 0 aromatic heterocycles. The average molecular weight is 232 g/mol. The van der Waals surface area contributed by atoms with Gasteiger partial charge in [0.1, 0.15) is 0 Å². The molecule has 0 aromatic carbocycles. The van der Waals surface area contributed by atoms with Crippen molar-refractivity contribution in [2.75, 3.05) is 32.3 Å². The molecule has 0 aliphatic rings. The minimum Gasteiger partial charge on any atom is -0.326 e. The van der Waals surface area contributed by atoms with Gasteiger partial charge < -0.3 is 10.2 Å². The molecule has 1 amide bonds. The fraction of sp³-hybridized carbons (Fsp3) is 0.727. The second-order valence-electron chi connectivity index (χ2n) is 2.66. The van der Waals surface area contributed by atoms with E-state index in [1.807, 2.05) is 27.2 Å². The van der Waals surface area contributed by atoms with Gasteiger partial charge in [0.2, 0.25) is 5.91 Å². The van der Waals surface area contributed by atoms with Crippen LogP contribution in [0.1, 0.15) is 20.3 Å². The summed E-state index contributed by atoms with van der Waals surface area (Å²) in [6, 6.07) is 0. The van der Waals surface area contributed by atoms with Crippen LogP contribution >= 0.6 is 11.8 Å². The summed E-state index contributed by atoms with van der Waals surface area (Å²) in [7, 11) is 1.83. The van der Waals surface area contributed by atoms with E-state index in [0.717, 1.165) is 5.75 Å². The Hall–Kier alpha value is -0.480. The van der Waals surface area contributed by atoms with Crippen molar-refractivity contribution in [3.05, 3.63) is 12.7 Å². The summed E-state index contributed by atoms with van der Waals surface area (Å²) in [4.78, 5) is 13.3. The number of carbonyl (C=O) groups is 1. The van der Waals surface area contributed by atoms with Crippen LogP contribution in [0.3, 0.4) is 0 Å². The molecular weight excluding hydrogens is 208 g/mol. The van der Waals surface area contributed by atoms with Crippen LogP contribution in [0.5, 0.6) is 0 Å². The van der Waals surface area contributed by atoms with Crippen LogP contribution in [0.15, 0.2) is 12.7 Å². The first-order valence-corrected chi connectivity index (χ1v) is 6.67. The molecule has 4 heteroatoms. The highest BCUT2D eigenvalue weighted by Gasteiger charge is 2.09. The van der Waals surface area contributed by atoms with Crippen molar-refractivity contribution in [2.24, 2.45) is 0 Å². The molecule has 3 nitrogen and oxygen atoms in total. The van der Waals surface area contributed by atoms with Gasteiger partial charge in [-0.25, -0.2) is 0 Å². The van der Waals surface area contributed by atoms with Crippen LogP contribution in [-0.4, -0.2) is 43.1 Å². The van der Waals surface area contributed by atoms with E-state index in [4.69, 9.17) is 0 Å². The first-order chi connectivity index (χ1) is 7.26. The third-order valence-corrected chi connectivity index (χ3v) is 2.18. The molecule has 0 spiro atoms. The van der Waals surface area contributed by atoms with E-state index in [1.165, 1.54) is 0 Å². The van der Waals surface area contributed by atoms with Crippen LogP contribution in [-0.2, 0) is 4.79 Å². The van der Waals surface area contributed by atoms with E-state index in [1.54, 1.807) is 22.7 Å². The van der Waals surface area contributed by atoms with Crippen LogP contribution in [0.2, 0.25) is 0 Å². The first-order valence-electron chi connectivity index (χ1n) is 5.28. The number of hydrogen-bond acceptors (Lipinski definition) is 3. The van der Waals surface area contributed by atoms with Crippen LogP contribution < -0.4 is 5.32 Å². The standard InChI is InChI=1S/C9H18N2OS.C2H6/c1-4-6-11(8-10-2)9(12)5-7-13-3;1-2/h4,10H,1,5-8H2,2-3H3;1-2H3. The van der Waals surface area contributed by atoms with Gasteiger partial charge in [-0.3, -0.25) is 4.79 Å². The summed E-state index contributed by atoms with van der Waals surface area (Å²) in [6.07, 6.45) is 4.36. The van der Waals surface area contributed by atoms with E-state index >= 15 is 0 Å². The van der Waals surface area contributed by atoms with Crippen LogP contribution in [0.25, 0.3) is 0 Å². The van der Waals surface area contributed by atoms with Crippen molar-refractivity contribution in [3.8, 4) is 0 Å². The van der Waals surface area contributed by atoms with E-state index < -0.39 is 0 Å². The van der Waals surface area contributed by atoms with Crippen molar-refractivity contribution in [1.82, 2.24) is 10.2 Å². The predicted molar refractivity (Wildman–Crippen MR) is 70.2 cm³/mol.